The highest BCUT2D eigenvalue weighted by molar-refractivity contribution is 7.48. The molecule has 16 heavy (non-hydrogen) atoms. The van der Waals surface area contributed by atoms with Crippen molar-refractivity contribution in [2.75, 3.05) is 14.2 Å². The summed E-state index contributed by atoms with van der Waals surface area (Å²) in [5.41, 5.74) is 1.10. The Hall–Kier alpha value is -1.41. The van der Waals surface area contributed by atoms with Crippen molar-refractivity contribution in [1.82, 2.24) is 0 Å². The average Bonchev–Trinajstić information content (AvgIpc) is 2.34. The minimum Gasteiger partial charge on any atom is -0.404 e. The van der Waals surface area contributed by atoms with Gasteiger partial charge in [0.05, 0.1) is 0 Å². The van der Waals surface area contributed by atoms with E-state index in [0.29, 0.717) is 5.75 Å². The lowest BCUT2D eigenvalue weighted by Gasteiger charge is -2.13. The lowest BCUT2D eigenvalue weighted by molar-refractivity contribution is 0.211. The first-order valence-corrected chi connectivity index (χ1v) is 5.73. The minimum absolute atomic E-state index is 0.461. The summed E-state index contributed by atoms with van der Waals surface area (Å²) >= 11 is 0. The average molecular weight is 244 g/mol. The van der Waals surface area contributed by atoms with Gasteiger partial charge in [0, 0.05) is 25.0 Å². The third-order valence-corrected chi connectivity index (χ3v) is 3.01. The number of hydrogen-bond acceptors (Lipinski definition) is 6. The third-order valence-electron chi connectivity index (χ3n) is 1.69. The summed E-state index contributed by atoms with van der Waals surface area (Å²) in [7, 11) is -0.866. The van der Waals surface area contributed by atoms with Crippen molar-refractivity contribution in [2.24, 2.45) is 0 Å². The molecule has 0 unspecified atom stereocenters. The van der Waals surface area contributed by atoms with Crippen LogP contribution in [0.2, 0.25) is 0 Å². The predicted molar refractivity (Wildman–Crippen MR) is 56.9 cm³/mol. The molecule has 0 saturated heterocycles. The van der Waals surface area contributed by atoms with Crippen LogP contribution in [0.5, 0.6) is 5.75 Å². The zero-order chi connectivity index (χ0) is 12.6. The summed E-state index contributed by atoms with van der Waals surface area (Å²) in [6.45, 7) is 1.95. The van der Waals surface area contributed by atoms with E-state index in [1.54, 1.807) is 12.1 Å². The van der Waals surface area contributed by atoms with E-state index in [9.17, 15) is 4.57 Å². The van der Waals surface area contributed by atoms with E-state index in [1.807, 2.05) is 19.1 Å². The van der Waals surface area contributed by atoms with Gasteiger partial charge in [-0.2, -0.15) is 0 Å². The molecule has 0 aromatic heterocycles. The zero-order valence-electron chi connectivity index (χ0n) is 9.28. The van der Waals surface area contributed by atoms with Crippen molar-refractivity contribution in [3.63, 3.8) is 0 Å². The van der Waals surface area contributed by atoms with E-state index in [-0.39, 0.29) is 0 Å². The highest BCUT2D eigenvalue weighted by Crippen LogP contribution is 2.47. The Morgan fingerprint density at radius 3 is 1.88 bits per heavy atom. The van der Waals surface area contributed by atoms with E-state index in [1.165, 1.54) is 14.2 Å². The van der Waals surface area contributed by atoms with Crippen LogP contribution in [0.15, 0.2) is 24.3 Å². The Bertz CT molecular complexity index is 369. The van der Waals surface area contributed by atoms with Crippen molar-refractivity contribution < 1.29 is 18.1 Å². The van der Waals surface area contributed by atoms with E-state index >= 15 is 0 Å². The molecule has 0 bridgehead atoms. The molecular weight excluding hydrogens is 231 g/mol. The van der Waals surface area contributed by atoms with Crippen molar-refractivity contribution in [3.8, 4) is 5.75 Å². The van der Waals surface area contributed by atoms with Crippen LogP contribution in [0.25, 0.3) is 0 Å². The summed E-state index contributed by atoms with van der Waals surface area (Å²) in [6, 6.07) is 7.12. The maximum absolute atomic E-state index is 11.5. The lowest BCUT2D eigenvalue weighted by Crippen LogP contribution is -1.96. The second-order valence-electron chi connectivity index (χ2n) is 2.72. The minimum atomic E-state index is -3.42. The first-order valence-electron chi connectivity index (χ1n) is 4.27. The number of aryl methyl sites for hydroxylation is 1. The van der Waals surface area contributed by atoms with Crippen LogP contribution < -0.4 is 4.52 Å². The number of benzene rings is 1. The molecule has 0 aliphatic heterocycles. The molecule has 0 aliphatic rings. The largest absolute Gasteiger partial charge is 0.529 e. The monoisotopic (exact) mass is 244 g/mol. The summed E-state index contributed by atoms with van der Waals surface area (Å²) in [5, 5.41) is 12.0. The second-order valence-corrected chi connectivity index (χ2v) is 4.52. The first kappa shape index (κ1) is 14.6. The van der Waals surface area contributed by atoms with Gasteiger partial charge in [-0.25, -0.2) is 4.57 Å². The molecule has 0 aliphatic carbocycles. The molecule has 0 N–H and O–H groups in total. The quantitative estimate of drug-likeness (QED) is 0.597. The Labute approximate surface area is 94.2 Å². The second kappa shape index (κ2) is 6.96. The molecule has 1 aromatic rings. The zero-order valence-corrected chi connectivity index (χ0v) is 10.2. The van der Waals surface area contributed by atoms with Crippen LogP contribution in [0.4, 0.5) is 0 Å². The van der Waals surface area contributed by atoms with Crippen molar-refractivity contribution >= 4 is 7.82 Å². The maximum atomic E-state index is 11.5. The predicted octanol–water partition coefficient (Wildman–Crippen LogP) is 2.80. The van der Waals surface area contributed by atoms with Crippen LogP contribution in [0, 0.1) is 17.7 Å². The van der Waals surface area contributed by atoms with E-state index in [0.717, 1.165) is 5.56 Å². The molecule has 0 spiro atoms. The highest BCUT2D eigenvalue weighted by Gasteiger charge is 2.24. The van der Waals surface area contributed by atoms with E-state index < -0.39 is 7.82 Å². The molecule has 0 heterocycles. The molecule has 88 valence electrons. The van der Waals surface area contributed by atoms with Gasteiger partial charge in [-0.15, -0.1) is 0 Å². The van der Waals surface area contributed by atoms with Gasteiger partial charge >= 0.3 is 7.82 Å². The van der Waals surface area contributed by atoms with Gasteiger partial charge in [-0.05, 0) is 19.1 Å². The SMILES string of the molecule is COP(=O)(OC)Oc1ccc(C)cc1.N#N. The Morgan fingerprint density at radius 1 is 1.06 bits per heavy atom. The third kappa shape index (κ3) is 4.41. The first-order chi connectivity index (χ1) is 7.59. The van der Waals surface area contributed by atoms with Crippen molar-refractivity contribution in [3.05, 3.63) is 29.8 Å². The van der Waals surface area contributed by atoms with Gasteiger partial charge in [-0.1, -0.05) is 17.7 Å². The number of phosphoric ester groups is 1. The number of hydrogen-bond donors (Lipinski definition) is 0. The van der Waals surface area contributed by atoms with Gasteiger partial charge < -0.3 is 4.52 Å². The lowest BCUT2D eigenvalue weighted by atomic mass is 10.2. The Morgan fingerprint density at radius 2 is 1.50 bits per heavy atom. The van der Waals surface area contributed by atoms with Gasteiger partial charge in [0.15, 0.2) is 0 Å². The maximum Gasteiger partial charge on any atom is 0.529 e. The van der Waals surface area contributed by atoms with Crippen molar-refractivity contribution in [2.45, 2.75) is 6.92 Å². The molecule has 0 radical (unpaired) electrons. The summed E-state index contributed by atoms with van der Waals surface area (Å²) in [6.07, 6.45) is 0. The standard InChI is InChI=1S/C9H13O4P.N2/c1-8-4-6-9(7-5-8)13-14(10,11-2)12-3;1-2/h4-7H,1-3H3;. The molecule has 1 rings (SSSR count). The van der Waals surface area contributed by atoms with Crippen LogP contribution in [0.3, 0.4) is 0 Å². The summed E-state index contributed by atoms with van der Waals surface area (Å²) in [5.74, 6) is 0.461. The van der Waals surface area contributed by atoms with Gasteiger partial charge in [0.1, 0.15) is 5.75 Å². The fourth-order valence-corrected chi connectivity index (χ4v) is 1.56. The van der Waals surface area contributed by atoms with Crippen LogP contribution in [-0.2, 0) is 13.6 Å². The molecule has 1 aromatic carbocycles. The van der Waals surface area contributed by atoms with E-state index in [4.69, 9.17) is 15.3 Å². The number of rotatable bonds is 4. The highest BCUT2D eigenvalue weighted by atomic mass is 31.2. The van der Waals surface area contributed by atoms with Crippen molar-refractivity contribution in [1.29, 1.82) is 10.8 Å². The van der Waals surface area contributed by atoms with Gasteiger partial charge in [0.25, 0.3) is 0 Å². The Balaban J connectivity index is 0.00000106. The Kier molecular flexibility index (Phi) is 6.35. The fourth-order valence-electron chi connectivity index (χ4n) is 0.877. The normalized spacial score (nSPS) is 10.1. The molecule has 0 amide bonds. The molecule has 6 nitrogen and oxygen atoms in total. The topological polar surface area (TPSA) is 92.3 Å². The van der Waals surface area contributed by atoms with Crippen LogP contribution in [0.1, 0.15) is 5.56 Å². The van der Waals surface area contributed by atoms with Crippen LogP contribution >= 0.6 is 7.82 Å². The number of nitrogens with zero attached hydrogens (tertiary/aromatic N) is 2. The summed E-state index contributed by atoms with van der Waals surface area (Å²) < 4.78 is 25.9. The number of phosphoric acid groups is 1. The molecule has 0 saturated carbocycles. The molecule has 0 fully saturated rings. The summed E-state index contributed by atoms with van der Waals surface area (Å²) in [4.78, 5) is 0. The van der Waals surface area contributed by atoms with Crippen LogP contribution in [-0.4, -0.2) is 14.2 Å². The molecule has 7 heteroatoms. The molecule has 0 atom stereocenters. The smallest absolute Gasteiger partial charge is 0.404 e. The fraction of sp³-hybridized carbons (Fsp3) is 0.333. The van der Waals surface area contributed by atoms with Gasteiger partial charge in [-0.3, -0.25) is 9.05 Å². The van der Waals surface area contributed by atoms with Gasteiger partial charge in [0.2, 0.25) is 0 Å². The van der Waals surface area contributed by atoms with E-state index in [2.05, 4.69) is 9.05 Å². The molecular formula is C9H13N2O4P.